The summed E-state index contributed by atoms with van der Waals surface area (Å²) in [5.74, 6) is 0. The topological polar surface area (TPSA) is 6.48 Å². The van der Waals surface area contributed by atoms with Crippen LogP contribution in [-0.2, 0) is 16.2 Å². The van der Waals surface area contributed by atoms with Crippen LogP contribution in [0.25, 0.3) is 43.8 Å². The zero-order valence-electron chi connectivity index (χ0n) is 46.5. The molecular formula is C72H64B2N2. The van der Waals surface area contributed by atoms with E-state index in [0.29, 0.717) is 0 Å². The van der Waals surface area contributed by atoms with Gasteiger partial charge in [-0.1, -0.05) is 232 Å². The molecule has 0 N–H and O–H groups in total. The molecule has 2 aliphatic carbocycles. The molecule has 76 heavy (non-hydrogen) atoms. The summed E-state index contributed by atoms with van der Waals surface area (Å²) in [6.07, 6.45) is 0. The van der Waals surface area contributed by atoms with E-state index in [0.717, 1.165) is 0 Å². The average molecular weight is 979 g/mol. The molecule has 0 radical (unpaired) electrons. The number of fused-ring (bicyclic) bond motifs is 18. The van der Waals surface area contributed by atoms with Gasteiger partial charge >= 0.3 is 0 Å². The Balaban J connectivity index is 1.18. The van der Waals surface area contributed by atoms with Gasteiger partial charge in [-0.25, -0.2) is 0 Å². The van der Waals surface area contributed by atoms with Crippen LogP contribution < -0.4 is 42.6 Å². The third kappa shape index (κ3) is 5.75. The highest BCUT2D eigenvalue weighted by atomic mass is 15.3. The van der Waals surface area contributed by atoms with E-state index in [1.165, 1.54) is 172 Å². The van der Waals surface area contributed by atoms with Crippen molar-refractivity contribution in [3.05, 3.63) is 213 Å². The Morgan fingerprint density at radius 1 is 0.382 bits per heavy atom. The van der Waals surface area contributed by atoms with E-state index < -0.39 is 0 Å². The largest absolute Gasteiger partial charge is 0.307 e. The van der Waals surface area contributed by atoms with Gasteiger partial charge in [0, 0.05) is 33.3 Å². The minimum atomic E-state index is -0.228. The molecule has 0 saturated heterocycles. The van der Waals surface area contributed by atoms with Gasteiger partial charge in [0.2, 0.25) is 13.4 Å². The van der Waals surface area contributed by atoms with Gasteiger partial charge in [-0.3, -0.25) is 0 Å². The number of aryl methyl sites for hydroxylation is 6. The van der Waals surface area contributed by atoms with Crippen molar-refractivity contribution in [2.24, 2.45) is 0 Å². The van der Waals surface area contributed by atoms with Gasteiger partial charge in [0.05, 0.1) is 22.7 Å². The van der Waals surface area contributed by atoms with Gasteiger partial charge in [-0.2, -0.15) is 0 Å². The highest BCUT2D eigenvalue weighted by Crippen LogP contribution is 2.63. The van der Waals surface area contributed by atoms with Gasteiger partial charge in [-0.15, -0.1) is 0 Å². The van der Waals surface area contributed by atoms with Crippen molar-refractivity contribution in [3.63, 3.8) is 0 Å². The lowest BCUT2D eigenvalue weighted by Crippen LogP contribution is -2.62. The quantitative estimate of drug-likeness (QED) is 0.159. The molecule has 3 heterocycles. The van der Waals surface area contributed by atoms with Crippen molar-refractivity contribution in [1.82, 2.24) is 0 Å². The Morgan fingerprint density at radius 3 is 1.28 bits per heavy atom. The van der Waals surface area contributed by atoms with Crippen molar-refractivity contribution in [2.45, 2.75) is 106 Å². The van der Waals surface area contributed by atoms with E-state index in [-0.39, 0.29) is 29.7 Å². The molecule has 0 spiro atoms. The molecule has 10 aromatic carbocycles. The fourth-order valence-corrected chi connectivity index (χ4v) is 16.0. The fourth-order valence-electron chi connectivity index (χ4n) is 16.0. The molecule has 0 unspecified atom stereocenters. The summed E-state index contributed by atoms with van der Waals surface area (Å²) in [5.41, 5.74) is 36.1. The second kappa shape index (κ2) is 15.1. The molecular weight excluding hydrogens is 914 g/mol. The SMILES string of the molecule is Cc1cc(C)c(B2c3ccc4c(c3N3c5cc6ccccc6c6c5N(c5cc7ccccc7c2c53)c2c(ccc3c2-c2ccc(C(C)(C)C)cc2C3(C)C)B6c2c(C)cc(C)cc2C)-c2ccccc2C4(C)C)c(C)c1. The third-order valence-electron chi connectivity index (χ3n) is 19.2. The molecule has 5 aliphatic rings. The van der Waals surface area contributed by atoms with Gasteiger partial charge in [0.1, 0.15) is 0 Å². The molecule has 0 amide bonds. The minimum absolute atomic E-state index is 0.0111. The fraction of sp³-hybridized carbons (Fsp3) is 0.222. The van der Waals surface area contributed by atoms with Crippen molar-refractivity contribution >= 4 is 102 Å². The van der Waals surface area contributed by atoms with E-state index >= 15 is 0 Å². The van der Waals surface area contributed by atoms with E-state index in [1.54, 1.807) is 0 Å². The number of anilines is 6. The summed E-state index contributed by atoms with van der Waals surface area (Å²) >= 11 is 0. The lowest BCUT2D eigenvalue weighted by atomic mass is 9.32. The summed E-state index contributed by atoms with van der Waals surface area (Å²) < 4.78 is 0. The zero-order chi connectivity index (χ0) is 52.4. The summed E-state index contributed by atoms with van der Waals surface area (Å²) in [6.45, 7) is 30.8. The summed E-state index contributed by atoms with van der Waals surface area (Å²) in [4.78, 5) is 5.64. The van der Waals surface area contributed by atoms with Crippen molar-refractivity contribution in [1.29, 1.82) is 0 Å². The van der Waals surface area contributed by atoms with Gasteiger partial charge < -0.3 is 9.80 Å². The van der Waals surface area contributed by atoms with Crippen LogP contribution in [0.15, 0.2) is 152 Å². The molecule has 368 valence electrons. The highest BCUT2D eigenvalue weighted by molar-refractivity contribution is 7.01. The Morgan fingerprint density at radius 2 is 0.803 bits per heavy atom. The standard InChI is InChI=1S/C72H64B2N2/c1-39-32-41(3)62(42(4)33-39)73-56-30-28-53-60(50-24-18-19-25-52(50)71(53,10)11)66(56)75-58-36-45-20-14-17-23-49(45)65-69(58)76(59-37-46-21-15-16-22-48(46)64(73)68(59)75)67-57(74(65)63-43(5)34-40(2)35-44(63)6)31-29-54-61(67)51-27-26-47(70(7,8)9)38-55(51)72(54,12)13/h14-38H,1-13H3. The number of nitrogens with zero attached hydrogens (tertiary/aromatic N) is 2. The van der Waals surface area contributed by atoms with E-state index in [1.807, 2.05) is 0 Å². The van der Waals surface area contributed by atoms with Crippen molar-refractivity contribution < 1.29 is 0 Å². The van der Waals surface area contributed by atoms with Crippen molar-refractivity contribution in [3.8, 4) is 22.3 Å². The molecule has 4 heteroatoms. The summed E-state index contributed by atoms with van der Waals surface area (Å²) in [6, 6.07) is 60.4. The van der Waals surface area contributed by atoms with Crippen LogP contribution in [0.3, 0.4) is 0 Å². The highest BCUT2D eigenvalue weighted by Gasteiger charge is 2.53. The molecule has 15 rings (SSSR count). The molecule has 0 fully saturated rings. The van der Waals surface area contributed by atoms with E-state index in [9.17, 15) is 0 Å². The molecule has 3 aliphatic heterocycles. The molecule has 10 aromatic rings. The minimum Gasteiger partial charge on any atom is -0.307 e. The normalized spacial score (nSPS) is 15.5. The lowest BCUT2D eigenvalue weighted by molar-refractivity contribution is 0.584. The predicted molar refractivity (Wildman–Crippen MR) is 329 cm³/mol. The van der Waals surface area contributed by atoms with Gasteiger partial charge in [-0.05, 0) is 141 Å². The molecule has 0 bridgehead atoms. The number of hydrogen-bond acceptors (Lipinski definition) is 2. The third-order valence-corrected chi connectivity index (χ3v) is 19.2. The Hall–Kier alpha value is -7.55. The zero-order valence-corrected chi connectivity index (χ0v) is 46.5. The first-order chi connectivity index (χ1) is 36.4. The molecule has 2 nitrogen and oxygen atoms in total. The second-order valence-corrected chi connectivity index (χ2v) is 25.6. The second-order valence-electron chi connectivity index (χ2n) is 25.6. The number of rotatable bonds is 2. The first kappa shape index (κ1) is 45.8. The van der Waals surface area contributed by atoms with Crippen LogP contribution in [0.1, 0.15) is 110 Å². The van der Waals surface area contributed by atoms with Crippen LogP contribution in [0.5, 0.6) is 0 Å². The Kier molecular flexibility index (Phi) is 9.10. The predicted octanol–water partition coefficient (Wildman–Crippen LogP) is 14.7. The van der Waals surface area contributed by atoms with E-state index in [2.05, 4.69) is 251 Å². The molecule has 0 aromatic heterocycles. The van der Waals surface area contributed by atoms with Gasteiger partial charge in [0.25, 0.3) is 0 Å². The first-order valence-corrected chi connectivity index (χ1v) is 27.8. The van der Waals surface area contributed by atoms with Crippen LogP contribution in [0.4, 0.5) is 34.1 Å². The average Bonchev–Trinajstić information content (AvgIpc) is 3.95. The van der Waals surface area contributed by atoms with Crippen molar-refractivity contribution in [2.75, 3.05) is 9.80 Å². The Labute approximate surface area is 450 Å². The molecule has 0 atom stereocenters. The maximum Gasteiger partial charge on any atom is 0.248 e. The van der Waals surface area contributed by atoms with Crippen LogP contribution in [0, 0.1) is 41.5 Å². The lowest BCUT2D eigenvalue weighted by Gasteiger charge is -2.51. The number of hydrogen-bond donors (Lipinski definition) is 0. The number of benzene rings is 10. The first-order valence-electron chi connectivity index (χ1n) is 27.8. The smallest absolute Gasteiger partial charge is 0.248 e. The maximum absolute atomic E-state index is 2.82. The van der Waals surface area contributed by atoms with Crippen LogP contribution in [0.2, 0.25) is 0 Å². The summed E-state index contributed by atoms with van der Waals surface area (Å²) in [7, 11) is 0. The Bertz CT molecular complexity index is 4270. The monoisotopic (exact) mass is 979 g/mol. The molecule has 0 saturated carbocycles. The summed E-state index contributed by atoms with van der Waals surface area (Å²) in [5, 5.41) is 5.16. The van der Waals surface area contributed by atoms with E-state index in [4.69, 9.17) is 0 Å². The van der Waals surface area contributed by atoms with Crippen LogP contribution >= 0.6 is 0 Å². The van der Waals surface area contributed by atoms with Crippen LogP contribution in [-0.4, -0.2) is 13.4 Å². The van der Waals surface area contributed by atoms with Gasteiger partial charge in [0.15, 0.2) is 0 Å². The maximum atomic E-state index is 2.82.